The Kier molecular flexibility index (Phi) is 3.94. The maximum absolute atomic E-state index is 11.1. The van der Waals surface area contributed by atoms with E-state index < -0.39 is 5.97 Å². The number of carbonyl (C=O) groups is 1. The molecular formula is C16H16O4. The average molecular weight is 272 g/mol. The summed E-state index contributed by atoms with van der Waals surface area (Å²) in [5.74, 6) is 0.447. The van der Waals surface area contributed by atoms with Crippen molar-refractivity contribution >= 4 is 5.97 Å². The van der Waals surface area contributed by atoms with Crippen molar-refractivity contribution in [3.63, 3.8) is 0 Å². The number of aryl methyl sites for hydroxylation is 1. The standard InChI is InChI=1S/C16H16O4/c1-10-8-12(19-2)5-6-13(10)14-9-11(16(17)18)4-7-15(14)20-3/h4-9H,1-3H3,(H,17,18). The molecule has 4 heteroatoms. The highest BCUT2D eigenvalue weighted by molar-refractivity contribution is 5.90. The van der Waals surface area contributed by atoms with Crippen LogP contribution in [0, 0.1) is 6.92 Å². The molecule has 0 amide bonds. The minimum atomic E-state index is -0.958. The van der Waals surface area contributed by atoms with Crippen LogP contribution < -0.4 is 9.47 Å². The van der Waals surface area contributed by atoms with Crippen molar-refractivity contribution in [2.24, 2.45) is 0 Å². The zero-order chi connectivity index (χ0) is 14.7. The van der Waals surface area contributed by atoms with E-state index in [9.17, 15) is 4.79 Å². The Labute approximate surface area is 117 Å². The third-order valence-corrected chi connectivity index (χ3v) is 3.17. The lowest BCUT2D eigenvalue weighted by molar-refractivity contribution is 0.0697. The number of hydrogen-bond donors (Lipinski definition) is 1. The van der Waals surface area contributed by atoms with Gasteiger partial charge in [0.05, 0.1) is 19.8 Å². The summed E-state index contributed by atoms with van der Waals surface area (Å²) in [6.07, 6.45) is 0. The molecule has 0 aliphatic carbocycles. The van der Waals surface area contributed by atoms with E-state index in [1.54, 1.807) is 26.4 Å². The first kappa shape index (κ1) is 13.9. The summed E-state index contributed by atoms with van der Waals surface area (Å²) in [7, 11) is 3.18. The van der Waals surface area contributed by atoms with Crippen molar-refractivity contribution in [1.82, 2.24) is 0 Å². The van der Waals surface area contributed by atoms with Crippen LogP contribution >= 0.6 is 0 Å². The van der Waals surface area contributed by atoms with Crippen molar-refractivity contribution in [1.29, 1.82) is 0 Å². The molecule has 0 radical (unpaired) electrons. The zero-order valence-corrected chi connectivity index (χ0v) is 11.6. The van der Waals surface area contributed by atoms with Crippen LogP contribution in [0.5, 0.6) is 11.5 Å². The highest BCUT2D eigenvalue weighted by Gasteiger charge is 2.13. The Bertz CT molecular complexity index is 647. The van der Waals surface area contributed by atoms with E-state index in [-0.39, 0.29) is 5.56 Å². The van der Waals surface area contributed by atoms with Gasteiger partial charge in [-0.25, -0.2) is 4.79 Å². The molecule has 0 bridgehead atoms. The van der Waals surface area contributed by atoms with Crippen LogP contribution in [0.1, 0.15) is 15.9 Å². The molecule has 2 aromatic carbocycles. The van der Waals surface area contributed by atoms with Crippen LogP contribution in [0.4, 0.5) is 0 Å². The number of ether oxygens (including phenoxy) is 2. The minimum absolute atomic E-state index is 0.232. The number of carboxylic acid groups (broad SMARTS) is 1. The Balaban J connectivity index is 2.60. The molecule has 2 rings (SSSR count). The normalized spacial score (nSPS) is 10.2. The van der Waals surface area contributed by atoms with Crippen LogP contribution in [0.3, 0.4) is 0 Å². The first-order valence-corrected chi connectivity index (χ1v) is 6.13. The van der Waals surface area contributed by atoms with E-state index in [1.807, 2.05) is 25.1 Å². The van der Waals surface area contributed by atoms with Crippen LogP contribution in [0.25, 0.3) is 11.1 Å². The first-order chi connectivity index (χ1) is 9.56. The molecule has 0 spiro atoms. The Morgan fingerprint density at radius 1 is 1.00 bits per heavy atom. The molecule has 0 fully saturated rings. The fraction of sp³-hybridized carbons (Fsp3) is 0.188. The summed E-state index contributed by atoms with van der Waals surface area (Å²) in [5.41, 5.74) is 2.90. The predicted molar refractivity (Wildman–Crippen MR) is 76.7 cm³/mol. The molecule has 0 heterocycles. The first-order valence-electron chi connectivity index (χ1n) is 6.13. The van der Waals surface area contributed by atoms with Gasteiger partial charge in [0.15, 0.2) is 0 Å². The van der Waals surface area contributed by atoms with Gasteiger partial charge in [0.1, 0.15) is 11.5 Å². The van der Waals surface area contributed by atoms with Gasteiger partial charge in [-0.05, 0) is 48.4 Å². The fourth-order valence-corrected chi connectivity index (χ4v) is 2.12. The Morgan fingerprint density at radius 2 is 1.75 bits per heavy atom. The molecule has 0 saturated carbocycles. The molecule has 1 N–H and O–H groups in total. The largest absolute Gasteiger partial charge is 0.497 e. The second-order valence-electron chi connectivity index (χ2n) is 4.40. The predicted octanol–water partition coefficient (Wildman–Crippen LogP) is 3.38. The second kappa shape index (κ2) is 5.65. The molecule has 2 aromatic rings. The van der Waals surface area contributed by atoms with E-state index in [0.717, 1.165) is 22.4 Å². The van der Waals surface area contributed by atoms with Gasteiger partial charge in [0.2, 0.25) is 0 Å². The van der Waals surface area contributed by atoms with Crippen molar-refractivity contribution in [2.45, 2.75) is 6.92 Å². The van der Waals surface area contributed by atoms with Gasteiger partial charge in [-0.2, -0.15) is 0 Å². The lowest BCUT2D eigenvalue weighted by Crippen LogP contribution is -1.98. The van der Waals surface area contributed by atoms with Gasteiger partial charge in [0.25, 0.3) is 0 Å². The third-order valence-electron chi connectivity index (χ3n) is 3.17. The number of methoxy groups -OCH3 is 2. The minimum Gasteiger partial charge on any atom is -0.497 e. The quantitative estimate of drug-likeness (QED) is 0.927. The van der Waals surface area contributed by atoms with E-state index in [0.29, 0.717) is 5.75 Å². The van der Waals surface area contributed by atoms with Crippen molar-refractivity contribution < 1.29 is 19.4 Å². The Hall–Kier alpha value is -2.49. The molecule has 0 aliphatic heterocycles. The lowest BCUT2D eigenvalue weighted by Gasteiger charge is -2.13. The summed E-state index contributed by atoms with van der Waals surface area (Å²) in [5, 5.41) is 9.11. The third kappa shape index (κ3) is 2.59. The maximum atomic E-state index is 11.1. The highest BCUT2D eigenvalue weighted by Crippen LogP contribution is 2.34. The second-order valence-corrected chi connectivity index (χ2v) is 4.40. The van der Waals surface area contributed by atoms with Crippen LogP contribution in [-0.4, -0.2) is 25.3 Å². The summed E-state index contributed by atoms with van der Waals surface area (Å²) < 4.78 is 10.5. The van der Waals surface area contributed by atoms with Gasteiger partial charge < -0.3 is 14.6 Å². The van der Waals surface area contributed by atoms with Gasteiger partial charge in [-0.1, -0.05) is 6.07 Å². The molecule has 0 atom stereocenters. The van der Waals surface area contributed by atoms with Crippen LogP contribution in [0.15, 0.2) is 36.4 Å². The van der Waals surface area contributed by atoms with Gasteiger partial charge >= 0.3 is 5.97 Å². The number of hydrogen-bond acceptors (Lipinski definition) is 3. The SMILES string of the molecule is COc1ccc(-c2cc(C(=O)O)ccc2OC)c(C)c1. The smallest absolute Gasteiger partial charge is 0.335 e. The lowest BCUT2D eigenvalue weighted by atomic mass is 9.97. The van der Waals surface area contributed by atoms with Gasteiger partial charge in [0, 0.05) is 5.56 Å². The summed E-state index contributed by atoms with van der Waals surface area (Å²) in [4.78, 5) is 11.1. The van der Waals surface area contributed by atoms with Gasteiger partial charge in [-0.3, -0.25) is 0 Å². The highest BCUT2D eigenvalue weighted by atomic mass is 16.5. The van der Waals surface area contributed by atoms with Gasteiger partial charge in [-0.15, -0.1) is 0 Å². The van der Waals surface area contributed by atoms with E-state index >= 15 is 0 Å². The molecular weight excluding hydrogens is 256 g/mol. The average Bonchev–Trinajstić information content (AvgIpc) is 2.46. The maximum Gasteiger partial charge on any atom is 0.335 e. The molecule has 104 valence electrons. The molecule has 20 heavy (non-hydrogen) atoms. The van der Waals surface area contributed by atoms with Crippen molar-refractivity contribution in [3.8, 4) is 22.6 Å². The topological polar surface area (TPSA) is 55.8 Å². The van der Waals surface area contributed by atoms with E-state index in [2.05, 4.69) is 0 Å². The number of benzene rings is 2. The summed E-state index contributed by atoms with van der Waals surface area (Å²) in [6, 6.07) is 10.5. The van der Waals surface area contributed by atoms with Crippen molar-refractivity contribution in [3.05, 3.63) is 47.5 Å². The van der Waals surface area contributed by atoms with E-state index in [4.69, 9.17) is 14.6 Å². The van der Waals surface area contributed by atoms with Crippen LogP contribution in [-0.2, 0) is 0 Å². The summed E-state index contributed by atoms with van der Waals surface area (Å²) in [6.45, 7) is 1.95. The number of carboxylic acids is 1. The molecule has 0 aliphatic rings. The monoisotopic (exact) mass is 272 g/mol. The fourth-order valence-electron chi connectivity index (χ4n) is 2.12. The zero-order valence-electron chi connectivity index (χ0n) is 11.6. The van der Waals surface area contributed by atoms with E-state index in [1.165, 1.54) is 6.07 Å². The molecule has 0 aromatic heterocycles. The van der Waals surface area contributed by atoms with Crippen molar-refractivity contribution in [2.75, 3.05) is 14.2 Å². The Morgan fingerprint density at radius 3 is 2.30 bits per heavy atom. The van der Waals surface area contributed by atoms with Crippen LogP contribution in [0.2, 0.25) is 0 Å². The molecule has 0 unspecified atom stereocenters. The molecule has 0 saturated heterocycles. The molecule has 4 nitrogen and oxygen atoms in total. The number of rotatable bonds is 4. The number of aromatic carboxylic acids is 1. The summed E-state index contributed by atoms with van der Waals surface area (Å²) >= 11 is 0.